The highest BCUT2D eigenvalue weighted by atomic mass is 32.2. The van der Waals surface area contributed by atoms with Gasteiger partial charge in [0.25, 0.3) is 0 Å². The van der Waals surface area contributed by atoms with Crippen molar-refractivity contribution in [1.82, 2.24) is 5.32 Å². The summed E-state index contributed by atoms with van der Waals surface area (Å²) >= 11 is 0. The molecule has 1 atom stereocenters. The summed E-state index contributed by atoms with van der Waals surface area (Å²) < 4.78 is 27.3. The minimum absolute atomic E-state index is 0.139. The topological polar surface area (TPSA) is 81.4 Å². The van der Waals surface area contributed by atoms with Crippen LogP contribution in [0.5, 0.6) is 0 Å². The molecule has 2 rings (SSSR count). The Balaban J connectivity index is 2.06. The fraction of sp³-hybridized carbons (Fsp3) is 0.455. The minimum Gasteiger partial charge on any atom is -0.378 e. The highest BCUT2D eigenvalue weighted by molar-refractivity contribution is 7.89. The molecule has 94 valence electrons. The third-order valence-electron chi connectivity index (χ3n) is 2.83. The van der Waals surface area contributed by atoms with E-state index < -0.39 is 10.0 Å². The zero-order valence-corrected chi connectivity index (χ0v) is 10.4. The minimum atomic E-state index is -3.60. The average Bonchev–Trinajstić information content (AvgIpc) is 2.22. The second-order valence-corrected chi connectivity index (χ2v) is 5.80. The molecule has 6 heteroatoms. The molecule has 1 unspecified atom stereocenters. The van der Waals surface area contributed by atoms with Crippen LogP contribution in [0.1, 0.15) is 18.5 Å². The summed E-state index contributed by atoms with van der Waals surface area (Å²) in [5, 5.41) is 8.42. The molecule has 1 heterocycles. The first-order valence-corrected chi connectivity index (χ1v) is 6.98. The van der Waals surface area contributed by atoms with Crippen molar-refractivity contribution in [3.8, 4) is 0 Å². The van der Waals surface area contributed by atoms with E-state index in [0.717, 1.165) is 18.8 Å². The van der Waals surface area contributed by atoms with E-state index in [2.05, 4.69) is 5.32 Å². The highest BCUT2D eigenvalue weighted by Crippen LogP contribution is 2.17. The zero-order valence-electron chi connectivity index (χ0n) is 9.59. The second-order valence-electron chi connectivity index (χ2n) is 4.24. The summed E-state index contributed by atoms with van der Waals surface area (Å²) in [6.07, 6.45) is 0. The number of hydrogen-bond acceptors (Lipinski definition) is 4. The van der Waals surface area contributed by atoms with Crippen LogP contribution in [0.25, 0.3) is 0 Å². The fourth-order valence-electron chi connectivity index (χ4n) is 1.73. The molecule has 0 bridgehead atoms. The smallest absolute Gasteiger partial charge is 0.238 e. The van der Waals surface area contributed by atoms with Crippen molar-refractivity contribution in [2.45, 2.75) is 23.9 Å². The standard InChI is InChI=1S/C11H16N2O3S/c1-8(13-10-6-16-7-10)9-2-4-11(5-3-9)17(12,14)15/h2-5,8,10,13H,6-7H2,1H3,(H2,12,14,15). The molecule has 0 amide bonds. The summed E-state index contributed by atoms with van der Waals surface area (Å²) in [5.74, 6) is 0. The van der Waals surface area contributed by atoms with E-state index in [1.165, 1.54) is 12.1 Å². The van der Waals surface area contributed by atoms with Gasteiger partial charge in [0.2, 0.25) is 10.0 Å². The molecule has 1 saturated heterocycles. The Bertz CT molecular complexity index is 480. The van der Waals surface area contributed by atoms with Crippen molar-refractivity contribution in [3.63, 3.8) is 0 Å². The molecule has 0 saturated carbocycles. The van der Waals surface area contributed by atoms with Gasteiger partial charge in [-0.1, -0.05) is 12.1 Å². The number of sulfonamides is 1. The Labute approximate surface area is 101 Å². The third kappa shape index (κ3) is 3.04. The van der Waals surface area contributed by atoms with Crippen LogP contribution < -0.4 is 10.5 Å². The van der Waals surface area contributed by atoms with Gasteiger partial charge in [0.1, 0.15) is 0 Å². The lowest BCUT2D eigenvalue weighted by Crippen LogP contribution is -2.46. The molecule has 0 aliphatic carbocycles. The quantitative estimate of drug-likeness (QED) is 0.816. The van der Waals surface area contributed by atoms with Gasteiger partial charge in [-0.2, -0.15) is 0 Å². The van der Waals surface area contributed by atoms with Crippen molar-refractivity contribution in [1.29, 1.82) is 0 Å². The van der Waals surface area contributed by atoms with E-state index in [1.807, 2.05) is 6.92 Å². The van der Waals surface area contributed by atoms with Gasteiger partial charge in [0.15, 0.2) is 0 Å². The van der Waals surface area contributed by atoms with E-state index >= 15 is 0 Å². The summed E-state index contributed by atoms with van der Waals surface area (Å²) in [7, 11) is -3.60. The predicted octanol–water partition coefficient (Wildman–Crippen LogP) is 0.383. The average molecular weight is 256 g/mol. The van der Waals surface area contributed by atoms with Gasteiger partial charge in [-0.25, -0.2) is 13.6 Å². The Morgan fingerprint density at radius 3 is 2.35 bits per heavy atom. The van der Waals surface area contributed by atoms with Crippen LogP contribution in [0.2, 0.25) is 0 Å². The highest BCUT2D eigenvalue weighted by Gasteiger charge is 2.20. The number of benzene rings is 1. The maximum absolute atomic E-state index is 11.1. The SMILES string of the molecule is CC(NC1COC1)c1ccc(S(N)(=O)=O)cc1. The van der Waals surface area contributed by atoms with Gasteiger partial charge < -0.3 is 10.1 Å². The van der Waals surface area contributed by atoms with Crippen LogP contribution in [-0.4, -0.2) is 27.7 Å². The molecular weight excluding hydrogens is 240 g/mol. The fourth-order valence-corrected chi connectivity index (χ4v) is 2.24. The normalized spacial score (nSPS) is 18.7. The Morgan fingerprint density at radius 1 is 1.35 bits per heavy atom. The Morgan fingerprint density at radius 2 is 1.94 bits per heavy atom. The molecule has 1 fully saturated rings. The zero-order chi connectivity index (χ0) is 12.5. The first kappa shape index (κ1) is 12.5. The van der Waals surface area contributed by atoms with Crippen LogP contribution in [0.4, 0.5) is 0 Å². The van der Waals surface area contributed by atoms with E-state index in [1.54, 1.807) is 12.1 Å². The molecule has 17 heavy (non-hydrogen) atoms. The largest absolute Gasteiger partial charge is 0.378 e. The lowest BCUT2D eigenvalue weighted by molar-refractivity contribution is -0.00925. The lowest BCUT2D eigenvalue weighted by Gasteiger charge is -2.30. The molecular formula is C11H16N2O3S. The molecule has 0 radical (unpaired) electrons. The third-order valence-corrected chi connectivity index (χ3v) is 3.76. The van der Waals surface area contributed by atoms with E-state index in [-0.39, 0.29) is 10.9 Å². The Kier molecular flexibility index (Phi) is 3.48. The lowest BCUT2D eigenvalue weighted by atomic mass is 10.1. The molecule has 5 nitrogen and oxygen atoms in total. The number of hydrogen-bond donors (Lipinski definition) is 2. The van der Waals surface area contributed by atoms with Gasteiger partial charge in [-0.05, 0) is 24.6 Å². The van der Waals surface area contributed by atoms with Gasteiger partial charge in [-0.15, -0.1) is 0 Å². The van der Waals surface area contributed by atoms with Crippen LogP contribution in [-0.2, 0) is 14.8 Å². The van der Waals surface area contributed by atoms with Crippen molar-refractivity contribution < 1.29 is 13.2 Å². The molecule has 0 spiro atoms. The molecule has 0 aromatic heterocycles. The second kappa shape index (κ2) is 4.73. The maximum atomic E-state index is 11.1. The summed E-state index contributed by atoms with van der Waals surface area (Å²) in [5.41, 5.74) is 1.03. The number of primary sulfonamides is 1. The van der Waals surface area contributed by atoms with Gasteiger partial charge in [-0.3, -0.25) is 0 Å². The van der Waals surface area contributed by atoms with Crippen molar-refractivity contribution in [3.05, 3.63) is 29.8 Å². The van der Waals surface area contributed by atoms with Gasteiger partial charge >= 0.3 is 0 Å². The Hall–Kier alpha value is -0.950. The van der Waals surface area contributed by atoms with Crippen LogP contribution >= 0.6 is 0 Å². The number of ether oxygens (including phenoxy) is 1. The molecule has 1 aliphatic rings. The molecule has 1 aliphatic heterocycles. The van der Waals surface area contributed by atoms with E-state index in [9.17, 15) is 8.42 Å². The first-order chi connectivity index (χ1) is 7.97. The maximum Gasteiger partial charge on any atom is 0.238 e. The molecule has 3 N–H and O–H groups in total. The van der Waals surface area contributed by atoms with Crippen LogP contribution in [0.3, 0.4) is 0 Å². The van der Waals surface area contributed by atoms with Crippen molar-refractivity contribution in [2.75, 3.05) is 13.2 Å². The molecule has 1 aromatic rings. The number of nitrogens with two attached hydrogens (primary N) is 1. The monoisotopic (exact) mass is 256 g/mol. The van der Waals surface area contributed by atoms with Gasteiger partial charge in [0, 0.05) is 6.04 Å². The summed E-state index contributed by atoms with van der Waals surface area (Å²) in [6, 6.07) is 7.16. The predicted molar refractivity (Wildman–Crippen MR) is 64.0 cm³/mol. The first-order valence-electron chi connectivity index (χ1n) is 5.43. The van der Waals surface area contributed by atoms with E-state index in [0.29, 0.717) is 6.04 Å². The van der Waals surface area contributed by atoms with Gasteiger partial charge in [0.05, 0.1) is 24.2 Å². The van der Waals surface area contributed by atoms with Crippen LogP contribution in [0, 0.1) is 0 Å². The van der Waals surface area contributed by atoms with Crippen molar-refractivity contribution in [2.24, 2.45) is 5.14 Å². The van der Waals surface area contributed by atoms with Crippen LogP contribution in [0.15, 0.2) is 29.2 Å². The number of nitrogens with one attached hydrogen (secondary N) is 1. The number of rotatable bonds is 4. The summed E-state index contributed by atoms with van der Waals surface area (Å²) in [6.45, 7) is 3.50. The molecule has 1 aromatic carbocycles. The van der Waals surface area contributed by atoms with E-state index in [4.69, 9.17) is 9.88 Å². The summed E-state index contributed by atoms with van der Waals surface area (Å²) in [4.78, 5) is 0.139. The van der Waals surface area contributed by atoms with Crippen molar-refractivity contribution >= 4 is 10.0 Å².